The molecule has 1 aliphatic carbocycles. The third-order valence-electron chi connectivity index (χ3n) is 3.14. The number of rotatable bonds is 3. The Kier molecular flexibility index (Phi) is 2.57. The van der Waals surface area contributed by atoms with Crippen LogP contribution in [0.15, 0.2) is 35.0 Å². The Hall–Kier alpha value is -1.81. The predicted octanol–water partition coefficient (Wildman–Crippen LogP) is 2.20. The molecule has 17 heavy (non-hydrogen) atoms. The van der Waals surface area contributed by atoms with Gasteiger partial charge in [-0.2, -0.15) is 0 Å². The van der Waals surface area contributed by atoms with Gasteiger partial charge in [0.15, 0.2) is 5.76 Å². The maximum Gasteiger partial charge on any atom is 0.174 e. The summed E-state index contributed by atoms with van der Waals surface area (Å²) in [4.78, 5) is 0. The van der Waals surface area contributed by atoms with E-state index < -0.39 is 0 Å². The highest BCUT2D eigenvalue weighted by molar-refractivity contribution is 5.44. The first kappa shape index (κ1) is 10.4. The molecule has 0 amide bonds. The summed E-state index contributed by atoms with van der Waals surface area (Å²) in [5, 5.41) is 3.64. The Balaban J connectivity index is 1.80. The Morgan fingerprint density at radius 1 is 1.41 bits per heavy atom. The molecule has 0 saturated carbocycles. The number of hydrogen-bond donors (Lipinski definition) is 1. The van der Waals surface area contributed by atoms with E-state index >= 15 is 0 Å². The SMILES string of the molecule is NC1CCc2c(OCc3ccno3)cccc21. The lowest BCUT2D eigenvalue weighted by Gasteiger charge is -2.10. The van der Waals surface area contributed by atoms with Crippen molar-refractivity contribution in [2.24, 2.45) is 5.73 Å². The van der Waals surface area contributed by atoms with Crippen molar-refractivity contribution in [3.05, 3.63) is 47.3 Å². The van der Waals surface area contributed by atoms with Crippen LogP contribution in [0.2, 0.25) is 0 Å². The van der Waals surface area contributed by atoms with Crippen molar-refractivity contribution in [3.8, 4) is 5.75 Å². The van der Waals surface area contributed by atoms with Crippen LogP contribution >= 0.6 is 0 Å². The van der Waals surface area contributed by atoms with E-state index in [2.05, 4.69) is 11.2 Å². The Morgan fingerprint density at radius 2 is 2.35 bits per heavy atom. The lowest BCUT2D eigenvalue weighted by molar-refractivity contribution is 0.247. The summed E-state index contributed by atoms with van der Waals surface area (Å²) in [5.41, 5.74) is 8.47. The normalized spacial score (nSPS) is 18.1. The maximum atomic E-state index is 6.02. The van der Waals surface area contributed by atoms with Crippen molar-refractivity contribution in [3.63, 3.8) is 0 Å². The van der Waals surface area contributed by atoms with Crippen molar-refractivity contribution >= 4 is 0 Å². The number of nitrogens with zero attached hydrogens (tertiary/aromatic N) is 1. The second-order valence-corrected chi connectivity index (χ2v) is 4.24. The van der Waals surface area contributed by atoms with E-state index in [0.717, 1.165) is 24.4 Å². The molecule has 0 saturated heterocycles. The van der Waals surface area contributed by atoms with Gasteiger partial charge in [-0.05, 0) is 30.0 Å². The number of ether oxygens (including phenoxy) is 1. The molecule has 1 aromatic heterocycles. The van der Waals surface area contributed by atoms with Crippen LogP contribution < -0.4 is 10.5 Å². The van der Waals surface area contributed by atoms with Gasteiger partial charge in [-0.1, -0.05) is 17.3 Å². The van der Waals surface area contributed by atoms with Gasteiger partial charge in [0.1, 0.15) is 12.4 Å². The van der Waals surface area contributed by atoms with Gasteiger partial charge in [-0.3, -0.25) is 0 Å². The highest BCUT2D eigenvalue weighted by Crippen LogP contribution is 2.35. The summed E-state index contributed by atoms with van der Waals surface area (Å²) in [6, 6.07) is 8.00. The van der Waals surface area contributed by atoms with Gasteiger partial charge < -0.3 is 15.0 Å². The molecule has 2 N–H and O–H groups in total. The molecule has 1 atom stereocenters. The topological polar surface area (TPSA) is 61.3 Å². The number of hydrogen-bond acceptors (Lipinski definition) is 4. The minimum atomic E-state index is 0.152. The van der Waals surface area contributed by atoms with E-state index in [4.69, 9.17) is 15.0 Å². The fourth-order valence-corrected chi connectivity index (χ4v) is 2.25. The molecule has 88 valence electrons. The fourth-order valence-electron chi connectivity index (χ4n) is 2.25. The summed E-state index contributed by atoms with van der Waals surface area (Å²) in [6.45, 7) is 0.408. The molecule has 0 aliphatic heterocycles. The van der Waals surface area contributed by atoms with Crippen molar-refractivity contribution < 1.29 is 9.26 Å². The first-order chi connectivity index (χ1) is 8.34. The molecule has 1 heterocycles. The lowest BCUT2D eigenvalue weighted by atomic mass is 10.1. The quantitative estimate of drug-likeness (QED) is 0.878. The number of benzene rings is 1. The van der Waals surface area contributed by atoms with Crippen LogP contribution in [0.1, 0.15) is 29.3 Å². The van der Waals surface area contributed by atoms with E-state index in [1.807, 2.05) is 12.1 Å². The minimum absolute atomic E-state index is 0.152. The van der Waals surface area contributed by atoms with Crippen LogP contribution in [-0.4, -0.2) is 5.16 Å². The lowest BCUT2D eigenvalue weighted by Crippen LogP contribution is -2.05. The molecular weight excluding hydrogens is 216 g/mol. The third kappa shape index (κ3) is 1.91. The average Bonchev–Trinajstić information content (AvgIpc) is 2.97. The van der Waals surface area contributed by atoms with Gasteiger partial charge >= 0.3 is 0 Å². The zero-order valence-electron chi connectivity index (χ0n) is 9.43. The molecule has 0 radical (unpaired) electrons. The molecule has 0 fully saturated rings. The monoisotopic (exact) mass is 230 g/mol. The van der Waals surface area contributed by atoms with Crippen LogP contribution in [0.4, 0.5) is 0 Å². The van der Waals surface area contributed by atoms with Crippen LogP contribution in [0.3, 0.4) is 0 Å². The van der Waals surface area contributed by atoms with Crippen LogP contribution in [0, 0.1) is 0 Å². The van der Waals surface area contributed by atoms with Crippen molar-refractivity contribution in [2.45, 2.75) is 25.5 Å². The van der Waals surface area contributed by atoms with E-state index in [-0.39, 0.29) is 6.04 Å². The van der Waals surface area contributed by atoms with Crippen molar-refractivity contribution in [1.29, 1.82) is 0 Å². The molecular formula is C13H14N2O2. The van der Waals surface area contributed by atoms with Gasteiger partial charge in [0, 0.05) is 12.1 Å². The molecule has 0 bridgehead atoms. The van der Waals surface area contributed by atoms with E-state index in [1.54, 1.807) is 12.3 Å². The molecule has 3 rings (SSSR count). The summed E-state index contributed by atoms with van der Waals surface area (Å²) >= 11 is 0. The van der Waals surface area contributed by atoms with Gasteiger partial charge in [0.05, 0.1) is 6.20 Å². The minimum Gasteiger partial charge on any atom is -0.485 e. The largest absolute Gasteiger partial charge is 0.485 e. The number of nitrogens with two attached hydrogens (primary N) is 1. The van der Waals surface area contributed by atoms with Crippen molar-refractivity contribution in [1.82, 2.24) is 5.16 Å². The molecule has 1 unspecified atom stereocenters. The summed E-state index contributed by atoms with van der Waals surface area (Å²) in [7, 11) is 0. The molecule has 0 spiro atoms. The first-order valence-corrected chi connectivity index (χ1v) is 5.74. The summed E-state index contributed by atoms with van der Waals surface area (Å²) in [5.74, 6) is 1.64. The van der Waals surface area contributed by atoms with Crippen molar-refractivity contribution in [2.75, 3.05) is 0 Å². The fraction of sp³-hybridized carbons (Fsp3) is 0.308. The second-order valence-electron chi connectivity index (χ2n) is 4.24. The molecule has 1 aromatic carbocycles. The first-order valence-electron chi connectivity index (χ1n) is 5.74. The zero-order chi connectivity index (χ0) is 11.7. The molecule has 4 heteroatoms. The maximum absolute atomic E-state index is 6.02. The Morgan fingerprint density at radius 3 is 3.18 bits per heavy atom. The smallest absolute Gasteiger partial charge is 0.174 e. The molecule has 1 aliphatic rings. The van der Waals surface area contributed by atoms with E-state index in [1.165, 1.54) is 11.1 Å². The Labute approximate surface area is 99.4 Å². The highest BCUT2D eigenvalue weighted by atomic mass is 16.5. The number of aromatic nitrogens is 1. The number of fused-ring (bicyclic) bond motifs is 1. The van der Waals surface area contributed by atoms with E-state index in [0.29, 0.717) is 6.61 Å². The third-order valence-corrected chi connectivity index (χ3v) is 3.14. The van der Waals surface area contributed by atoms with Crippen LogP contribution in [0.25, 0.3) is 0 Å². The predicted molar refractivity (Wildman–Crippen MR) is 62.5 cm³/mol. The van der Waals surface area contributed by atoms with Gasteiger partial charge in [0.2, 0.25) is 0 Å². The highest BCUT2D eigenvalue weighted by Gasteiger charge is 2.22. The standard InChI is InChI=1S/C13H14N2O2/c14-12-5-4-11-10(12)2-1-3-13(11)16-8-9-6-7-15-17-9/h1-3,6-7,12H,4-5,8,14H2. The molecule has 2 aromatic rings. The summed E-state index contributed by atoms with van der Waals surface area (Å²) < 4.78 is 10.7. The van der Waals surface area contributed by atoms with Gasteiger partial charge in [-0.15, -0.1) is 0 Å². The second kappa shape index (κ2) is 4.22. The Bertz CT molecular complexity index is 508. The van der Waals surface area contributed by atoms with E-state index in [9.17, 15) is 0 Å². The average molecular weight is 230 g/mol. The zero-order valence-corrected chi connectivity index (χ0v) is 9.43. The van der Waals surface area contributed by atoms with Gasteiger partial charge in [-0.25, -0.2) is 0 Å². The van der Waals surface area contributed by atoms with Crippen LogP contribution in [-0.2, 0) is 13.0 Å². The summed E-state index contributed by atoms with van der Waals surface area (Å²) in [6.07, 6.45) is 3.60. The van der Waals surface area contributed by atoms with Gasteiger partial charge in [0.25, 0.3) is 0 Å². The van der Waals surface area contributed by atoms with Crippen LogP contribution in [0.5, 0.6) is 5.75 Å². The molecule has 4 nitrogen and oxygen atoms in total.